The van der Waals surface area contributed by atoms with Gasteiger partial charge in [0.05, 0.1) is 0 Å². The topological polar surface area (TPSA) is 117 Å². The third kappa shape index (κ3) is 5.44. The molecular formula is C25H22N5O3S-. The number of anilines is 2. The number of carbonyl (C=O) groups excluding carboxylic acids is 1. The van der Waals surface area contributed by atoms with Crippen LogP contribution in [0.3, 0.4) is 0 Å². The molecule has 1 unspecified atom stereocenters. The Labute approximate surface area is 200 Å². The summed E-state index contributed by atoms with van der Waals surface area (Å²) >= 11 is 1.38. The van der Waals surface area contributed by atoms with Gasteiger partial charge in [0, 0.05) is 11.3 Å². The van der Waals surface area contributed by atoms with Crippen LogP contribution in [0.4, 0.5) is 11.5 Å². The van der Waals surface area contributed by atoms with E-state index in [1.165, 1.54) is 23.7 Å². The number of hydrogen-bond acceptors (Lipinski definition) is 7. The largest absolute Gasteiger partial charge is 0.479 e. The summed E-state index contributed by atoms with van der Waals surface area (Å²) in [5.41, 5.74) is 2.63. The Morgan fingerprint density at radius 3 is 2.59 bits per heavy atom. The van der Waals surface area contributed by atoms with Gasteiger partial charge in [-0.1, -0.05) is 41.7 Å². The molecule has 0 aliphatic rings. The average molecular weight is 473 g/mol. The van der Waals surface area contributed by atoms with E-state index in [0.717, 1.165) is 12.0 Å². The van der Waals surface area contributed by atoms with Gasteiger partial charge >= 0.3 is 5.97 Å². The zero-order valence-corrected chi connectivity index (χ0v) is 19.1. The van der Waals surface area contributed by atoms with Crippen molar-refractivity contribution in [1.29, 1.82) is 0 Å². The van der Waals surface area contributed by atoms with E-state index in [9.17, 15) is 14.7 Å². The first-order chi connectivity index (χ1) is 16.5. The van der Waals surface area contributed by atoms with Crippen LogP contribution in [0.15, 0.2) is 73.1 Å². The van der Waals surface area contributed by atoms with Crippen molar-refractivity contribution in [2.45, 2.75) is 19.4 Å². The van der Waals surface area contributed by atoms with Crippen molar-refractivity contribution in [3.63, 3.8) is 0 Å². The highest BCUT2D eigenvalue weighted by molar-refractivity contribution is 7.21. The van der Waals surface area contributed by atoms with E-state index in [1.54, 1.807) is 42.5 Å². The van der Waals surface area contributed by atoms with Gasteiger partial charge in [0.2, 0.25) is 5.91 Å². The zero-order valence-electron chi connectivity index (χ0n) is 18.3. The van der Waals surface area contributed by atoms with E-state index < -0.39 is 12.0 Å². The minimum absolute atomic E-state index is 0.188. The molecule has 2 aromatic carbocycles. The number of aromatic nitrogens is 3. The van der Waals surface area contributed by atoms with Crippen LogP contribution in [0.2, 0.25) is 0 Å². The quantitative estimate of drug-likeness (QED) is 0.229. The molecule has 0 spiro atoms. The van der Waals surface area contributed by atoms with E-state index in [4.69, 9.17) is 0 Å². The molecule has 0 saturated heterocycles. The second-order valence-corrected chi connectivity index (χ2v) is 8.31. The van der Waals surface area contributed by atoms with Gasteiger partial charge in [0.15, 0.2) is 11.9 Å². The molecule has 2 aromatic heterocycles. The average Bonchev–Trinajstić information content (AvgIpc) is 3.29. The fraction of sp³-hybridized carbons (Fsp3) is 0.120. The number of thiazole rings is 1. The number of carbonyl (C=O) groups is 2. The predicted molar refractivity (Wildman–Crippen MR) is 133 cm³/mol. The van der Waals surface area contributed by atoms with Crippen LogP contribution in [0.25, 0.3) is 20.9 Å². The molecule has 172 valence electrons. The monoisotopic (exact) mass is 472 g/mol. The number of benzene rings is 2. The first-order valence-electron chi connectivity index (χ1n) is 10.6. The van der Waals surface area contributed by atoms with Gasteiger partial charge in [0.25, 0.3) is 0 Å². The Bertz CT molecular complexity index is 1320. The molecule has 4 rings (SSSR count). The van der Waals surface area contributed by atoms with Crippen LogP contribution in [0.1, 0.15) is 24.9 Å². The van der Waals surface area contributed by atoms with Crippen molar-refractivity contribution in [3.8, 4) is 10.6 Å². The number of nitrogens with zero attached hydrogens (tertiary/aromatic N) is 3. The molecule has 34 heavy (non-hydrogen) atoms. The van der Waals surface area contributed by atoms with E-state index >= 15 is 0 Å². The van der Waals surface area contributed by atoms with E-state index in [-0.39, 0.29) is 5.91 Å². The van der Waals surface area contributed by atoms with Crippen LogP contribution in [-0.4, -0.2) is 31.9 Å². The van der Waals surface area contributed by atoms with Crippen LogP contribution in [0, 0.1) is 6.42 Å². The molecule has 0 radical (unpaired) electrons. The normalized spacial score (nSPS) is 12.0. The van der Waals surface area contributed by atoms with E-state index in [1.807, 2.05) is 31.5 Å². The maximum atomic E-state index is 11.9. The van der Waals surface area contributed by atoms with Gasteiger partial charge in [0.1, 0.15) is 21.7 Å². The van der Waals surface area contributed by atoms with Crippen LogP contribution < -0.4 is 10.6 Å². The van der Waals surface area contributed by atoms with Crippen molar-refractivity contribution in [1.82, 2.24) is 15.0 Å². The van der Waals surface area contributed by atoms with E-state index in [2.05, 4.69) is 25.6 Å². The number of fused-ring (bicyclic) bond motifs is 1. The molecule has 2 heterocycles. The number of nitrogens with one attached hydrogen (secondary N) is 2. The Hall–Kier alpha value is -4.11. The van der Waals surface area contributed by atoms with Crippen molar-refractivity contribution in [2.75, 3.05) is 10.6 Å². The second-order valence-electron chi connectivity index (χ2n) is 7.33. The summed E-state index contributed by atoms with van der Waals surface area (Å²) in [5.74, 6) is -0.857. The maximum absolute atomic E-state index is 11.9. The van der Waals surface area contributed by atoms with Crippen molar-refractivity contribution in [3.05, 3.63) is 85.1 Å². The fourth-order valence-corrected chi connectivity index (χ4v) is 4.16. The molecule has 8 nitrogen and oxygen atoms in total. The highest BCUT2D eigenvalue weighted by Crippen LogP contribution is 2.33. The highest BCUT2D eigenvalue weighted by Gasteiger charge is 2.22. The molecule has 3 N–H and O–H groups in total. The number of allylic oxidation sites excluding steroid dienone is 1. The molecule has 0 saturated carbocycles. The van der Waals surface area contributed by atoms with Crippen LogP contribution in [-0.2, 0) is 9.59 Å². The zero-order chi connectivity index (χ0) is 23.9. The molecule has 4 aromatic rings. The molecule has 0 aliphatic heterocycles. The fourth-order valence-electron chi connectivity index (χ4n) is 3.24. The Morgan fingerprint density at radius 1 is 1.12 bits per heavy atom. The number of carboxylic acids is 1. The number of hydrogen-bond donors (Lipinski definition) is 3. The molecule has 0 bridgehead atoms. The molecule has 9 heteroatoms. The first kappa shape index (κ1) is 23.1. The lowest BCUT2D eigenvalue weighted by atomic mass is 10.1. The lowest BCUT2D eigenvalue weighted by Crippen LogP contribution is -2.21. The highest BCUT2D eigenvalue weighted by atomic mass is 32.1. The summed E-state index contributed by atoms with van der Waals surface area (Å²) in [7, 11) is 0. The van der Waals surface area contributed by atoms with Crippen molar-refractivity contribution >= 4 is 45.1 Å². The van der Waals surface area contributed by atoms with Crippen LogP contribution >= 0.6 is 11.3 Å². The SMILES string of the molecule is C[CH-]C/C=C/C(=O)Nc1ccc(-c2nc3c(NC(C(=O)O)c4ccccc4)ncnc3s2)cc1. The second kappa shape index (κ2) is 10.7. The predicted octanol–water partition coefficient (Wildman–Crippen LogP) is 5.10. The van der Waals surface area contributed by atoms with Crippen molar-refractivity contribution < 1.29 is 14.7 Å². The number of rotatable bonds is 9. The smallest absolute Gasteiger partial charge is 0.330 e. The molecule has 0 fully saturated rings. The Morgan fingerprint density at radius 2 is 1.88 bits per heavy atom. The molecule has 0 aliphatic carbocycles. The summed E-state index contributed by atoms with van der Waals surface area (Å²) in [6.45, 7) is 1.93. The van der Waals surface area contributed by atoms with Crippen molar-refractivity contribution in [2.24, 2.45) is 0 Å². The third-order valence-electron chi connectivity index (χ3n) is 4.90. The lowest BCUT2D eigenvalue weighted by molar-refractivity contribution is -0.138. The summed E-state index contributed by atoms with van der Waals surface area (Å²) in [4.78, 5) is 37.7. The van der Waals surface area contributed by atoms with Gasteiger partial charge in [-0.05, 0) is 35.9 Å². The van der Waals surface area contributed by atoms with Gasteiger partial charge in [-0.25, -0.2) is 19.7 Å². The Balaban J connectivity index is 1.56. The lowest BCUT2D eigenvalue weighted by Gasteiger charge is -2.15. The van der Waals surface area contributed by atoms with Crippen LogP contribution in [0.5, 0.6) is 0 Å². The molecular weight excluding hydrogens is 450 g/mol. The summed E-state index contributed by atoms with van der Waals surface area (Å²) in [6, 6.07) is 15.3. The molecule has 1 atom stereocenters. The first-order valence-corrected chi connectivity index (χ1v) is 11.4. The minimum Gasteiger partial charge on any atom is -0.479 e. The summed E-state index contributed by atoms with van der Waals surface area (Å²) in [5, 5.41) is 16.3. The summed E-state index contributed by atoms with van der Waals surface area (Å²) < 4.78 is 0. The van der Waals surface area contributed by atoms with Gasteiger partial charge in [-0.3, -0.25) is 4.79 Å². The van der Waals surface area contributed by atoms with Gasteiger partial charge in [-0.15, -0.1) is 6.08 Å². The maximum Gasteiger partial charge on any atom is 0.330 e. The number of carboxylic acid groups (broad SMARTS) is 1. The minimum atomic E-state index is -1.02. The Kier molecular flexibility index (Phi) is 7.24. The third-order valence-corrected chi connectivity index (χ3v) is 5.91. The number of amides is 1. The number of unbranched alkanes of at least 4 members (excludes halogenated alkanes) is 1. The van der Waals surface area contributed by atoms with Gasteiger partial charge in [-0.2, -0.15) is 13.3 Å². The molecule has 1 amide bonds. The number of aliphatic carboxylic acids is 1. The van der Waals surface area contributed by atoms with Gasteiger partial charge < -0.3 is 22.2 Å². The summed E-state index contributed by atoms with van der Waals surface area (Å²) in [6.07, 6.45) is 7.39. The standard InChI is InChI=1S/C25H22N5O3S/c1-2-3-5-10-19(31)28-18-13-11-17(12-14-18)23-30-21-22(26-15-27-24(21)34-23)29-20(25(32)33)16-8-6-4-7-9-16/h2,4-15,20H,3H2,1H3,(H,28,31)(H,32,33)(H,26,27,29)/q-1/b10-5+. The van der Waals surface area contributed by atoms with E-state index in [0.29, 0.717) is 32.4 Å².